The lowest BCUT2D eigenvalue weighted by molar-refractivity contribution is 0.220. The van der Waals surface area contributed by atoms with Crippen molar-refractivity contribution >= 4 is 5.57 Å². The predicted octanol–water partition coefficient (Wildman–Crippen LogP) is 4.04. The third kappa shape index (κ3) is 3.61. The van der Waals surface area contributed by atoms with Crippen molar-refractivity contribution in [2.24, 2.45) is 0 Å². The van der Waals surface area contributed by atoms with Gasteiger partial charge in [0.1, 0.15) is 6.10 Å². The van der Waals surface area contributed by atoms with Crippen molar-refractivity contribution in [2.45, 2.75) is 12.5 Å². The zero-order chi connectivity index (χ0) is 16.2. The van der Waals surface area contributed by atoms with E-state index in [4.69, 9.17) is 0 Å². The highest BCUT2D eigenvalue weighted by molar-refractivity contribution is 5.75. The van der Waals surface area contributed by atoms with Crippen LogP contribution in [0.3, 0.4) is 0 Å². The molecule has 2 aromatic carbocycles. The van der Waals surface area contributed by atoms with Crippen LogP contribution in [0.15, 0.2) is 72.3 Å². The van der Waals surface area contributed by atoms with Crippen LogP contribution in [0.2, 0.25) is 0 Å². The fourth-order valence-electron chi connectivity index (χ4n) is 3.09. The molecule has 0 heterocycles. The number of aliphatic hydroxyl groups is 1. The van der Waals surface area contributed by atoms with Gasteiger partial charge in [0.05, 0.1) is 0 Å². The van der Waals surface area contributed by atoms with E-state index >= 15 is 0 Å². The third-order valence-electron chi connectivity index (χ3n) is 4.16. The van der Waals surface area contributed by atoms with Crippen LogP contribution in [0.4, 0.5) is 0 Å². The second-order valence-electron chi connectivity index (χ2n) is 6.29. The van der Waals surface area contributed by atoms with E-state index in [1.165, 1.54) is 11.1 Å². The maximum absolute atomic E-state index is 10.8. The van der Waals surface area contributed by atoms with Crippen molar-refractivity contribution in [1.29, 1.82) is 0 Å². The van der Waals surface area contributed by atoms with Gasteiger partial charge in [-0.1, -0.05) is 66.7 Å². The van der Waals surface area contributed by atoms with Gasteiger partial charge in [0.25, 0.3) is 0 Å². The van der Waals surface area contributed by atoms with Gasteiger partial charge in [-0.15, -0.1) is 0 Å². The lowest BCUT2D eigenvalue weighted by Crippen LogP contribution is -2.13. The molecule has 0 aliphatic heterocycles. The number of hydrogen-bond acceptors (Lipinski definition) is 2. The second-order valence-corrected chi connectivity index (χ2v) is 6.29. The minimum atomic E-state index is -0.591. The largest absolute Gasteiger partial charge is 0.384 e. The van der Waals surface area contributed by atoms with Gasteiger partial charge in [0.15, 0.2) is 0 Å². The van der Waals surface area contributed by atoms with Gasteiger partial charge in [0.2, 0.25) is 0 Å². The molecule has 1 unspecified atom stereocenters. The van der Waals surface area contributed by atoms with Gasteiger partial charge in [-0.25, -0.2) is 0 Å². The molecule has 118 valence electrons. The van der Waals surface area contributed by atoms with E-state index in [0.29, 0.717) is 0 Å². The molecule has 0 fully saturated rings. The molecule has 1 aliphatic rings. The summed E-state index contributed by atoms with van der Waals surface area (Å²) in [5.41, 5.74) is 5.68. The molecular formula is C21H23NO. The van der Waals surface area contributed by atoms with Crippen LogP contribution in [0, 0.1) is 0 Å². The van der Waals surface area contributed by atoms with E-state index in [-0.39, 0.29) is 0 Å². The summed E-state index contributed by atoms with van der Waals surface area (Å²) in [6, 6.07) is 18.0. The lowest BCUT2D eigenvalue weighted by atomic mass is 9.92. The molecule has 2 aromatic rings. The number of hydrogen-bond donors (Lipinski definition) is 1. The molecule has 0 spiro atoms. The standard InChI is InChI=1S/C21H23NO/c1-22(2)15-16-12-13-18(14-16)19-10-6-7-11-20(19)21(23)17-8-4-3-5-9-17/h3-12,14,21,23H,13,15H2,1-2H3. The Morgan fingerprint density at radius 2 is 1.70 bits per heavy atom. The minimum absolute atomic E-state index is 0.591. The average Bonchev–Trinajstić information content (AvgIpc) is 3.02. The normalized spacial score (nSPS) is 15.5. The molecule has 0 radical (unpaired) electrons. The first-order valence-electron chi connectivity index (χ1n) is 8.02. The first kappa shape index (κ1) is 15.7. The van der Waals surface area contributed by atoms with Crippen molar-refractivity contribution < 1.29 is 5.11 Å². The minimum Gasteiger partial charge on any atom is -0.384 e. The molecule has 1 aliphatic carbocycles. The topological polar surface area (TPSA) is 23.5 Å². The molecule has 0 amide bonds. The van der Waals surface area contributed by atoms with Crippen molar-refractivity contribution in [2.75, 3.05) is 20.6 Å². The Morgan fingerprint density at radius 3 is 2.43 bits per heavy atom. The van der Waals surface area contributed by atoms with Crippen LogP contribution in [-0.4, -0.2) is 30.6 Å². The van der Waals surface area contributed by atoms with Gasteiger partial charge < -0.3 is 10.0 Å². The summed E-state index contributed by atoms with van der Waals surface area (Å²) >= 11 is 0. The molecule has 1 atom stereocenters. The zero-order valence-electron chi connectivity index (χ0n) is 13.7. The summed E-state index contributed by atoms with van der Waals surface area (Å²) in [7, 11) is 4.17. The van der Waals surface area contributed by atoms with Crippen LogP contribution >= 0.6 is 0 Å². The highest BCUT2D eigenvalue weighted by atomic mass is 16.3. The average molecular weight is 305 g/mol. The van der Waals surface area contributed by atoms with E-state index in [9.17, 15) is 5.11 Å². The molecule has 2 nitrogen and oxygen atoms in total. The smallest absolute Gasteiger partial charge is 0.105 e. The molecule has 0 saturated heterocycles. The van der Waals surface area contributed by atoms with E-state index in [1.54, 1.807) is 0 Å². The maximum Gasteiger partial charge on any atom is 0.105 e. The number of rotatable bonds is 5. The Bertz CT molecular complexity index is 729. The highest BCUT2D eigenvalue weighted by Crippen LogP contribution is 2.34. The van der Waals surface area contributed by atoms with Crippen LogP contribution in [0.5, 0.6) is 0 Å². The van der Waals surface area contributed by atoms with E-state index < -0.39 is 6.10 Å². The Labute approximate surface area is 138 Å². The van der Waals surface area contributed by atoms with Crippen LogP contribution in [0.25, 0.3) is 5.57 Å². The molecule has 23 heavy (non-hydrogen) atoms. The summed E-state index contributed by atoms with van der Waals surface area (Å²) in [4.78, 5) is 2.18. The molecule has 0 saturated carbocycles. The SMILES string of the molecule is CN(C)CC1=CCC(c2ccccc2C(O)c2ccccc2)=C1. The zero-order valence-corrected chi connectivity index (χ0v) is 13.7. The predicted molar refractivity (Wildman–Crippen MR) is 96.2 cm³/mol. The summed E-state index contributed by atoms with van der Waals surface area (Å²) in [5, 5.41) is 10.8. The van der Waals surface area contributed by atoms with Gasteiger partial charge in [0, 0.05) is 6.54 Å². The third-order valence-corrected chi connectivity index (χ3v) is 4.16. The Kier molecular flexibility index (Phi) is 4.75. The van der Waals surface area contributed by atoms with Gasteiger partial charge >= 0.3 is 0 Å². The lowest BCUT2D eigenvalue weighted by Gasteiger charge is -2.17. The van der Waals surface area contributed by atoms with Crippen molar-refractivity contribution in [3.8, 4) is 0 Å². The van der Waals surface area contributed by atoms with Crippen LogP contribution in [-0.2, 0) is 0 Å². The van der Waals surface area contributed by atoms with E-state index in [1.807, 2.05) is 48.5 Å². The summed E-state index contributed by atoms with van der Waals surface area (Å²) < 4.78 is 0. The fourth-order valence-corrected chi connectivity index (χ4v) is 3.09. The Balaban J connectivity index is 1.91. The summed E-state index contributed by atoms with van der Waals surface area (Å²) in [6.07, 6.45) is 4.88. The fraction of sp³-hybridized carbons (Fsp3) is 0.238. The van der Waals surface area contributed by atoms with Crippen molar-refractivity contribution in [3.63, 3.8) is 0 Å². The molecule has 2 heteroatoms. The van der Waals surface area contributed by atoms with E-state index in [2.05, 4.69) is 37.2 Å². The maximum atomic E-state index is 10.8. The molecule has 0 aromatic heterocycles. The van der Waals surface area contributed by atoms with Crippen LogP contribution in [0.1, 0.15) is 29.2 Å². The van der Waals surface area contributed by atoms with Crippen molar-refractivity contribution in [3.05, 3.63) is 89.0 Å². The molecular weight excluding hydrogens is 282 g/mol. The molecule has 0 bridgehead atoms. The number of nitrogens with zero attached hydrogens (tertiary/aromatic N) is 1. The summed E-state index contributed by atoms with van der Waals surface area (Å²) in [6.45, 7) is 0.951. The molecule has 1 N–H and O–H groups in total. The first-order valence-corrected chi connectivity index (χ1v) is 8.02. The Hall–Kier alpha value is -2.16. The Morgan fingerprint density at radius 1 is 1.00 bits per heavy atom. The highest BCUT2D eigenvalue weighted by Gasteiger charge is 2.18. The van der Waals surface area contributed by atoms with Crippen molar-refractivity contribution in [1.82, 2.24) is 4.90 Å². The number of allylic oxidation sites excluding steroid dienone is 2. The number of likely N-dealkylation sites (N-methyl/N-ethyl adjacent to an activating group) is 1. The van der Waals surface area contributed by atoms with Gasteiger partial charge in [-0.3, -0.25) is 0 Å². The monoisotopic (exact) mass is 305 g/mol. The quantitative estimate of drug-likeness (QED) is 0.901. The van der Waals surface area contributed by atoms with Gasteiger partial charge in [-0.2, -0.15) is 0 Å². The van der Waals surface area contributed by atoms with Crippen LogP contribution < -0.4 is 0 Å². The second kappa shape index (κ2) is 6.95. The van der Waals surface area contributed by atoms with E-state index in [0.717, 1.165) is 29.7 Å². The summed E-state index contributed by atoms with van der Waals surface area (Å²) in [5.74, 6) is 0. The number of aliphatic hydroxyl groups excluding tert-OH is 1. The first-order chi connectivity index (χ1) is 11.1. The van der Waals surface area contributed by atoms with Gasteiger partial charge in [-0.05, 0) is 48.4 Å². The molecule has 3 rings (SSSR count). The number of benzene rings is 2.